The smallest absolute Gasteiger partial charge is 0.246 e. The van der Waals surface area contributed by atoms with Crippen molar-refractivity contribution in [3.8, 4) is 0 Å². The molecule has 0 fully saturated rings. The Hall–Kier alpha value is -4.12. The van der Waals surface area contributed by atoms with Gasteiger partial charge in [0.2, 0.25) is 0 Å². The molecule has 2 heterocycles. The van der Waals surface area contributed by atoms with Crippen LogP contribution in [0, 0.1) is 5.92 Å². The van der Waals surface area contributed by atoms with Gasteiger partial charge in [-0.3, -0.25) is 0 Å². The molecule has 5 heteroatoms. The van der Waals surface area contributed by atoms with Crippen molar-refractivity contribution in [2.75, 3.05) is 0 Å². The van der Waals surface area contributed by atoms with Gasteiger partial charge >= 0.3 is 11.4 Å². The number of nitrogens with zero attached hydrogens (tertiary/aromatic N) is 3. The van der Waals surface area contributed by atoms with Crippen molar-refractivity contribution in [1.29, 1.82) is 0 Å². The van der Waals surface area contributed by atoms with Gasteiger partial charge in [-0.25, -0.2) is 23.5 Å². The predicted molar refractivity (Wildman–Crippen MR) is 132 cm³/mol. The van der Waals surface area contributed by atoms with Gasteiger partial charge in [0.25, 0.3) is 0 Å². The topological polar surface area (TPSA) is 48.9 Å². The van der Waals surface area contributed by atoms with Crippen LogP contribution in [0.4, 0.5) is 0 Å². The molecule has 5 nitrogen and oxygen atoms in total. The van der Waals surface area contributed by atoms with Gasteiger partial charge in [-0.1, -0.05) is 103 Å². The van der Waals surface area contributed by atoms with Crippen LogP contribution in [0.2, 0.25) is 0 Å². The molecule has 2 aliphatic carbocycles. The molecule has 1 unspecified atom stereocenters. The second-order valence-electron chi connectivity index (χ2n) is 9.36. The molecule has 1 aromatic heterocycles. The summed E-state index contributed by atoms with van der Waals surface area (Å²) in [6.45, 7) is 0. The van der Waals surface area contributed by atoms with Gasteiger partial charge in [0, 0.05) is 13.0 Å². The van der Waals surface area contributed by atoms with Crippen molar-refractivity contribution in [2.24, 2.45) is 13.0 Å². The van der Waals surface area contributed by atoms with Crippen LogP contribution in [0.3, 0.4) is 0 Å². The predicted octanol–water partition coefficient (Wildman–Crippen LogP) is 4.19. The molecule has 7 rings (SSSR count). The van der Waals surface area contributed by atoms with Crippen molar-refractivity contribution in [1.82, 2.24) is 13.9 Å². The number of allylic oxidation sites excluding steroid dienone is 4. The fourth-order valence-electron chi connectivity index (χ4n) is 6.53. The molecule has 0 radical (unpaired) electrons. The normalized spacial score (nSPS) is 23.4. The third kappa shape index (κ3) is 2.24. The summed E-state index contributed by atoms with van der Waals surface area (Å²) in [5, 5.41) is 0. The van der Waals surface area contributed by atoms with Crippen molar-refractivity contribution >= 4 is 11.1 Å². The fraction of sp³-hybridized carbons (Fsp3) is 0.172. The molecule has 3 aromatic carbocycles. The van der Waals surface area contributed by atoms with E-state index in [2.05, 4.69) is 84.9 Å². The first-order chi connectivity index (χ1) is 16.7. The molecule has 2 bridgehead atoms. The first-order valence-corrected chi connectivity index (χ1v) is 11.7. The van der Waals surface area contributed by atoms with E-state index in [1.54, 1.807) is 16.4 Å². The van der Waals surface area contributed by atoms with Gasteiger partial charge in [-0.2, -0.15) is 0 Å². The molecule has 3 atom stereocenters. The highest BCUT2D eigenvalue weighted by atomic mass is 16.2. The lowest BCUT2D eigenvalue weighted by molar-refractivity contribution is 0.370. The molecule has 0 N–H and O–H groups in total. The van der Waals surface area contributed by atoms with Crippen molar-refractivity contribution in [2.45, 2.75) is 17.5 Å². The Labute approximate surface area is 196 Å². The number of rotatable bonds is 4. The highest BCUT2D eigenvalue weighted by Gasteiger charge is 2.67. The van der Waals surface area contributed by atoms with Crippen LogP contribution in [0.5, 0.6) is 0 Å². The van der Waals surface area contributed by atoms with Crippen molar-refractivity contribution < 1.29 is 0 Å². The zero-order chi connectivity index (χ0) is 23.0. The van der Waals surface area contributed by atoms with Crippen LogP contribution in [0.15, 0.2) is 113 Å². The quantitative estimate of drug-likeness (QED) is 0.442. The molecule has 34 heavy (non-hydrogen) atoms. The van der Waals surface area contributed by atoms with E-state index < -0.39 is 5.41 Å². The van der Waals surface area contributed by atoms with Gasteiger partial charge in [0.1, 0.15) is 0 Å². The van der Waals surface area contributed by atoms with Crippen molar-refractivity contribution in [3.05, 3.63) is 141 Å². The maximum absolute atomic E-state index is 13.1. The second kappa shape index (κ2) is 6.70. The molecule has 0 saturated carbocycles. The minimum atomic E-state index is -0.410. The standard InChI is InChI=1S/C29H23N3O2/c1-30-27(33)31-22-17-18-23(32(31)28(30)34)26(22)29(21-15-9-4-10-16-21)24(19-11-5-2-6-12-19)25(29)20-13-7-3-8-14-20/h2-18,22-23,26H,1H3/t22-,23+,26?. The third-order valence-electron chi connectivity index (χ3n) is 7.83. The van der Waals surface area contributed by atoms with Gasteiger partial charge in [0.15, 0.2) is 0 Å². The molecule has 0 saturated heterocycles. The molecule has 3 aliphatic rings. The first kappa shape index (κ1) is 19.4. The summed E-state index contributed by atoms with van der Waals surface area (Å²) >= 11 is 0. The first-order valence-electron chi connectivity index (χ1n) is 11.7. The molecule has 1 aliphatic heterocycles. The summed E-state index contributed by atoms with van der Waals surface area (Å²) in [5.41, 5.74) is 5.22. The van der Waals surface area contributed by atoms with E-state index in [9.17, 15) is 9.59 Å². The summed E-state index contributed by atoms with van der Waals surface area (Å²) in [6.07, 6.45) is 4.23. The van der Waals surface area contributed by atoms with E-state index in [1.165, 1.54) is 32.4 Å². The van der Waals surface area contributed by atoms with E-state index in [0.717, 1.165) is 0 Å². The number of benzene rings is 3. The monoisotopic (exact) mass is 445 g/mol. The Kier molecular flexibility index (Phi) is 3.82. The van der Waals surface area contributed by atoms with Gasteiger partial charge in [0.05, 0.1) is 17.5 Å². The lowest BCUT2D eigenvalue weighted by Crippen LogP contribution is -2.35. The van der Waals surface area contributed by atoms with Gasteiger partial charge in [-0.05, 0) is 27.8 Å². The minimum Gasteiger partial charge on any atom is -0.246 e. The largest absolute Gasteiger partial charge is 0.347 e. The zero-order valence-electron chi connectivity index (χ0n) is 18.7. The average molecular weight is 446 g/mol. The van der Waals surface area contributed by atoms with Gasteiger partial charge in [-0.15, -0.1) is 0 Å². The van der Waals surface area contributed by atoms with E-state index in [0.29, 0.717) is 0 Å². The molecule has 4 aromatic rings. The van der Waals surface area contributed by atoms with Crippen LogP contribution in [-0.4, -0.2) is 13.9 Å². The average Bonchev–Trinajstić information content (AvgIpc) is 3.10. The summed E-state index contributed by atoms with van der Waals surface area (Å²) in [7, 11) is 1.56. The molecule has 0 amide bonds. The Morgan fingerprint density at radius 1 is 0.618 bits per heavy atom. The van der Waals surface area contributed by atoms with Crippen LogP contribution >= 0.6 is 0 Å². The summed E-state index contributed by atoms with van der Waals surface area (Å²) < 4.78 is 4.56. The maximum Gasteiger partial charge on any atom is 0.347 e. The highest BCUT2D eigenvalue weighted by molar-refractivity contribution is 6.19. The fourth-order valence-corrected chi connectivity index (χ4v) is 6.53. The molecular weight excluding hydrogens is 422 g/mol. The Morgan fingerprint density at radius 2 is 1.03 bits per heavy atom. The summed E-state index contributed by atoms with van der Waals surface area (Å²) in [4.78, 5) is 26.1. The highest BCUT2D eigenvalue weighted by Crippen LogP contribution is 2.73. The minimum absolute atomic E-state index is 0.00177. The zero-order valence-corrected chi connectivity index (χ0v) is 18.7. The summed E-state index contributed by atoms with van der Waals surface area (Å²) in [6, 6.07) is 31.2. The SMILES string of the molecule is Cn1c(=O)n2n(c1=O)[C@H]1C=C[C@@H]2C1C1(c2ccccc2)C(c2ccccc2)=C1c1ccccc1. The maximum atomic E-state index is 13.1. The number of hydrogen-bond donors (Lipinski definition) is 0. The number of hydrogen-bond acceptors (Lipinski definition) is 2. The van der Waals surface area contributed by atoms with E-state index >= 15 is 0 Å². The lowest BCUT2D eigenvalue weighted by atomic mass is 9.71. The number of aromatic nitrogens is 3. The lowest BCUT2D eigenvalue weighted by Gasteiger charge is -2.31. The Balaban J connectivity index is 1.51. The van der Waals surface area contributed by atoms with Crippen LogP contribution in [0.1, 0.15) is 28.8 Å². The second-order valence-corrected chi connectivity index (χ2v) is 9.36. The van der Waals surface area contributed by atoms with Crippen LogP contribution < -0.4 is 11.4 Å². The Bertz CT molecular complexity index is 1510. The van der Waals surface area contributed by atoms with E-state index in [1.807, 2.05) is 18.2 Å². The van der Waals surface area contributed by atoms with E-state index in [-0.39, 0.29) is 29.4 Å². The molecular formula is C29H23N3O2. The third-order valence-corrected chi connectivity index (χ3v) is 7.83. The number of fused-ring (bicyclic) bond motifs is 5. The van der Waals surface area contributed by atoms with Crippen LogP contribution in [-0.2, 0) is 12.5 Å². The Morgan fingerprint density at radius 3 is 1.47 bits per heavy atom. The van der Waals surface area contributed by atoms with Crippen molar-refractivity contribution in [3.63, 3.8) is 0 Å². The summed E-state index contributed by atoms with van der Waals surface area (Å²) in [5.74, 6) is 0.00177. The van der Waals surface area contributed by atoms with E-state index in [4.69, 9.17) is 0 Å². The van der Waals surface area contributed by atoms with Gasteiger partial charge < -0.3 is 0 Å². The van der Waals surface area contributed by atoms with Crippen LogP contribution in [0.25, 0.3) is 11.1 Å². The molecule has 0 spiro atoms. The molecule has 166 valence electrons.